The maximum Gasteiger partial charge on any atom is 0.150 e. The van der Waals surface area contributed by atoms with Gasteiger partial charge in [-0.2, -0.15) is 5.10 Å². The molecule has 1 aromatic carbocycles. The van der Waals surface area contributed by atoms with Crippen molar-refractivity contribution in [2.45, 2.75) is 13.3 Å². The molecule has 108 valence electrons. The number of aromatic nitrogens is 1. The van der Waals surface area contributed by atoms with E-state index in [0.717, 1.165) is 40.6 Å². The lowest BCUT2D eigenvalue weighted by Gasteiger charge is -2.09. The van der Waals surface area contributed by atoms with Gasteiger partial charge in [0.05, 0.1) is 5.52 Å². The Morgan fingerprint density at radius 1 is 1.33 bits per heavy atom. The molecule has 0 unspecified atom stereocenters. The van der Waals surface area contributed by atoms with E-state index in [0.29, 0.717) is 5.84 Å². The maximum absolute atomic E-state index is 5.78. The molecule has 0 aliphatic carbocycles. The van der Waals surface area contributed by atoms with Crippen molar-refractivity contribution in [3.05, 3.63) is 35.2 Å². The molecular weight excluding hydrogens is 282 g/mol. The molecule has 3 aromatic rings. The van der Waals surface area contributed by atoms with E-state index < -0.39 is 0 Å². The summed E-state index contributed by atoms with van der Waals surface area (Å²) < 4.78 is 1.23. The van der Waals surface area contributed by atoms with Crippen LogP contribution in [0.3, 0.4) is 0 Å². The van der Waals surface area contributed by atoms with Gasteiger partial charge in [-0.15, -0.1) is 11.3 Å². The molecule has 0 saturated heterocycles. The highest BCUT2D eigenvalue weighted by atomic mass is 32.1. The van der Waals surface area contributed by atoms with E-state index >= 15 is 0 Å². The van der Waals surface area contributed by atoms with Crippen LogP contribution in [0.25, 0.3) is 21.0 Å². The fourth-order valence-corrected chi connectivity index (χ4v) is 3.24. The van der Waals surface area contributed by atoms with E-state index in [4.69, 9.17) is 16.6 Å². The monoisotopic (exact) mass is 299 g/mol. The second-order valence-electron chi connectivity index (χ2n) is 4.80. The molecule has 0 spiro atoms. The zero-order valence-electron chi connectivity index (χ0n) is 11.8. The third-order valence-electron chi connectivity index (χ3n) is 3.37. The summed E-state index contributed by atoms with van der Waals surface area (Å²) in [6, 6.07) is 7.98. The molecule has 2 heterocycles. The van der Waals surface area contributed by atoms with Crippen LogP contribution in [0.4, 0.5) is 5.82 Å². The predicted octanol–water partition coefficient (Wildman–Crippen LogP) is 2.85. The van der Waals surface area contributed by atoms with Gasteiger partial charge in [0, 0.05) is 27.6 Å². The normalized spacial score (nSPS) is 12.1. The summed E-state index contributed by atoms with van der Waals surface area (Å²) >= 11 is 1.72. The Labute approximate surface area is 126 Å². The number of benzene rings is 1. The van der Waals surface area contributed by atoms with Crippen molar-refractivity contribution in [1.29, 1.82) is 0 Å². The summed E-state index contributed by atoms with van der Waals surface area (Å²) in [6.45, 7) is 3.03. The van der Waals surface area contributed by atoms with Gasteiger partial charge in [0.15, 0.2) is 0 Å². The number of nitrogens with zero attached hydrogens (tertiary/aromatic N) is 2. The number of amidine groups is 1. The van der Waals surface area contributed by atoms with Crippen LogP contribution >= 0.6 is 11.3 Å². The molecule has 0 fully saturated rings. The minimum Gasteiger partial charge on any atom is -0.382 e. The fraction of sp³-hybridized carbons (Fsp3) is 0.200. The van der Waals surface area contributed by atoms with Crippen LogP contribution in [-0.4, -0.2) is 17.4 Å². The van der Waals surface area contributed by atoms with Gasteiger partial charge in [-0.3, -0.25) is 0 Å². The lowest BCUT2D eigenvalue weighted by molar-refractivity contribution is 0.974. The third kappa shape index (κ3) is 2.38. The van der Waals surface area contributed by atoms with Gasteiger partial charge in [0.1, 0.15) is 11.7 Å². The maximum atomic E-state index is 5.78. The van der Waals surface area contributed by atoms with Crippen LogP contribution in [0.15, 0.2) is 34.7 Å². The highest BCUT2D eigenvalue weighted by Crippen LogP contribution is 2.33. The van der Waals surface area contributed by atoms with Gasteiger partial charge in [0.2, 0.25) is 0 Å². The van der Waals surface area contributed by atoms with Crippen molar-refractivity contribution in [3.8, 4) is 0 Å². The molecule has 0 bridgehead atoms. The van der Waals surface area contributed by atoms with Crippen molar-refractivity contribution in [2.24, 2.45) is 16.7 Å². The molecule has 2 aromatic heterocycles. The Morgan fingerprint density at radius 3 is 2.95 bits per heavy atom. The Kier molecular flexibility index (Phi) is 3.62. The van der Waals surface area contributed by atoms with Gasteiger partial charge < -0.3 is 16.9 Å². The summed E-state index contributed by atoms with van der Waals surface area (Å²) in [4.78, 5) is 4.73. The molecule has 0 amide bonds. The van der Waals surface area contributed by atoms with Crippen molar-refractivity contribution in [2.75, 3.05) is 11.9 Å². The lowest BCUT2D eigenvalue weighted by Crippen LogP contribution is -2.15. The number of hydrazone groups is 1. The molecule has 0 saturated carbocycles. The average Bonchev–Trinajstić information content (AvgIpc) is 3.01. The second kappa shape index (κ2) is 5.57. The molecule has 3 rings (SSSR count). The van der Waals surface area contributed by atoms with Crippen molar-refractivity contribution in [1.82, 2.24) is 4.98 Å². The minimum atomic E-state index is 0.313. The summed E-state index contributed by atoms with van der Waals surface area (Å²) in [5, 5.41) is 11.3. The number of pyridine rings is 1. The lowest BCUT2D eigenvalue weighted by atomic mass is 10.1. The Bertz CT molecular complexity index is 821. The third-order valence-corrected chi connectivity index (χ3v) is 4.32. The predicted molar refractivity (Wildman–Crippen MR) is 90.8 cm³/mol. The van der Waals surface area contributed by atoms with E-state index in [1.54, 1.807) is 11.3 Å². The summed E-state index contributed by atoms with van der Waals surface area (Å²) in [5.74, 6) is 6.48. The Hall–Kier alpha value is -2.34. The fourth-order valence-electron chi connectivity index (χ4n) is 2.31. The van der Waals surface area contributed by atoms with Crippen LogP contribution in [0.1, 0.15) is 18.9 Å². The van der Waals surface area contributed by atoms with Crippen LogP contribution < -0.4 is 16.9 Å². The topological polar surface area (TPSA) is 89.3 Å². The first-order valence-corrected chi connectivity index (χ1v) is 7.71. The smallest absolute Gasteiger partial charge is 0.150 e. The average molecular weight is 299 g/mol. The molecule has 5 nitrogen and oxygen atoms in total. The van der Waals surface area contributed by atoms with E-state index in [9.17, 15) is 0 Å². The number of hydrogen-bond donors (Lipinski definition) is 3. The Morgan fingerprint density at radius 2 is 2.19 bits per heavy atom. The number of anilines is 1. The number of fused-ring (bicyclic) bond motifs is 3. The number of nitrogens with one attached hydrogen (secondary N) is 1. The quantitative estimate of drug-likeness (QED) is 0.299. The van der Waals surface area contributed by atoms with Gasteiger partial charge in [-0.25, -0.2) is 4.98 Å². The minimum absolute atomic E-state index is 0.313. The van der Waals surface area contributed by atoms with E-state index in [2.05, 4.69) is 28.8 Å². The molecule has 21 heavy (non-hydrogen) atoms. The standard InChI is InChI=1S/C15H17N5S/c1-2-6-18-15-11-5-7-21-13(11)10-4-3-9(14(16)20-17)8-12(10)19-15/h3-5,7-8H,2,6,17H2,1H3,(H2,16,20)(H,18,19). The van der Waals surface area contributed by atoms with Crippen LogP contribution in [0, 0.1) is 0 Å². The first kappa shape index (κ1) is 13.6. The summed E-state index contributed by atoms with van der Waals surface area (Å²) in [7, 11) is 0. The summed E-state index contributed by atoms with van der Waals surface area (Å²) in [5.41, 5.74) is 7.46. The zero-order valence-corrected chi connectivity index (χ0v) is 12.6. The van der Waals surface area contributed by atoms with Gasteiger partial charge >= 0.3 is 0 Å². The SMILES string of the molecule is CCCNc1nc2cc(/C(N)=N/N)ccc2c2sccc12. The number of nitrogens with two attached hydrogens (primary N) is 2. The molecule has 6 heteroatoms. The molecule has 0 atom stereocenters. The number of hydrogen-bond acceptors (Lipinski definition) is 5. The number of rotatable bonds is 4. The van der Waals surface area contributed by atoms with Crippen molar-refractivity contribution >= 4 is 44.0 Å². The van der Waals surface area contributed by atoms with E-state index in [1.807, 2.05) is 18.2 Å². The zero-order chi connectivity index (χ0) is 14.8. The molecule has 0 radical (unpaired) electrons. The largest absolute Gasteiger partial charge is 0.382 e. The summed E-state index contributed by atoms with van der Waals surface area (Å²) in [6.07, 6.45) is 1.05. The van der Waals surface area contributed by atoms with Crippen LogP contribution in [0.2, 0.25) is 0 Å². The van der Waals surface area contributed by atoms with E-state index in [1.165, 1.54) is 4.70 Å². The first-order chi connectivity index (χ1) is 10.2. The van der Waals surface area contributed by atoms with Crippen LogP contribution in [0.5, 0.6) is 0 Å². The highest BCUT2D eigenvalue weighted by Gasteiger charge is 2.10. The molecule has 5 N–H and O–H groups in total. The van der Waals surface area contributed by atoms with E-state index in [-0.39, 0.29) is 0 Å². The second-order valence-corrected chi connectivity index (χ2v) is 5.71. The molecular formula is C15H17N5S. The van der Waals surface area contributed by atoms with Gasteiger partial charge in [-0.1, -0.05) is 19.1 Å². The van der Waals surface area contributed by atoms with Gasteiger partial charge in [-0.05, 0) is 23.9 Å². The Balaban J connectivity index is 2.23. The van der Waals surface area contributed by atoms with Crippen LogP contribution in [-0.2, 0) is 0 Å². The van der Waals surface area contributed by atoms with Gasteiger partial charge in [0.25, 0.3) is 0 Å². The highest BCUT2D eigenvalue weighted by molar-refractivity contribution is 7.18. The molecule has 0 aliphatic rings. The number of thiophene rings is 1. The van der Waals surface area contributed by atoms with Crippen molar-refractivity contribution < 1.29 is 0 Å². The first-order valence-electron chi connectivity index (χ1n) is 6.83. The van der Waals surface area contributed by atoms with Crippen molar-refractivity contribution in [3.63, 3.8) is 0 Å². The molecule has 0 aliphatic heterocycles.